The van der Waals surface area contributed by atoms with E-state index in [4.69, 9.17) is 14.2 Å². The monoisotopic (exact) mass is 519 g/mol. The van der Waals surface area contributed by atoms with Crippen LogP contribution in [0.25, 0.3) is 0 Å². The molecule has 2 N–H and O–H groups in total. The van der Waals surface area contributed by atoms with Gasteiger partial charge in [-0.1, -0.05) is 26.8 Å². The van der Waals surface area contributed by atoms with Crippen LogP contribution in [-0.4, -0.2) is 46.0 Å². The highest BCUT2D eigenvalue weighted by atomic mass is 127. The van der Waals surface area contributed by atoms with E-state index in [9.17, 15) is 0 Å². The molecule has 1 heterocycles. The van der Waals surface area contributed by atoms with Crippen molar-refractivity contribution in [3.8, 4) is 11.5 Å². The maximum atomic E-state index is 6.08. The predicted molar refractivity (Wildman–Crippen MR) is 130 cm³/mol. The number of aliphatic imine (C=N–C) groups is 1. The molecule has 0 spiro atoms. The van der Waals surface area contributed by atoms with Crippen molar-refractivity contribution in [3.63, 3.8) is 0 Å². The van der Waals surface area contributed by atoms with Gasteiger partial charge in [-0.05, 0) is 42.9 Å². The number of rotatable bonds is 7. The van der Waals surface area contributed by atoms with E-state index in [1.54, 1.807) is 14.2 Å². The van der Waals surface area contributed by atoms with Crippen LogP contribution < -0.4 is 20.1 Å². The first-order valence-electron chi connectivity index (χ1n) is 10.2. The molecule has 0 aromatic heterocycles. The number of ether oxygens (including phenoxy) is 3. The molecule has 166 valence electrons. The molecule has 1 saturated heterocycles. The smallest absolute Gasteiger partial charge is 0.191 e. The third-order valence-electron chi connectivity index (χ3n) is 5.04. The molecular formula is C22H38IN3O3. The van der Waals surface area contributed by atoms with Crippen molar-refractivity contribution < 1.29 is 14.2 Å². The Morgan fingerprint density at radius 2 is 2.00 bits per heavy atom. The van der Waals surface area contributed by atoms with Gasteiger partial charge < -0.3 is 24.8 Å². The summed E-state index contributed by atoms with van der Waals surface area (Å²) in [7, 11) is 3.46. The second-order valence-electron chi connectivity index (χ2n) is 8.28. The summed E-state index contributed by atoms with van der Waals surface area (Å²) >= 11 is 0. The van der Waals surface area contributed by atoms with Crippen molar-refractivity contribution in [1.29, 1.82) is 0 Å². The van der Waals surface area contributed by atoms with Crippen molar-refractivity contribution in [2.75, 3.05) is 33.9 Å². The van der Waals surface area contributed by atoms with Crippen LogP contribution in [0, 0.1) is 11.3 Å². The van der Waals surface area contributed by atoms with Crippen LogP contribution in [0.4, 0.5) is 0 Å². The topological polar surface area (TPSA) is 64.1 Å². The molecule has 0 amide bonds. The molecule has 1 aliphatic rings. The van der Waals surface area contributed by atoms with Gasteiger partial charge in [-0.25, -0.2) is 0 Å². The van der Waals surface area contributed by atoms with Crippen LogP contribution in [0.5, 0.6) is 11.5 Å². The lowest BCUT2D eigenvalue weighted by molar-refractivity contribution is -0.0835. The fourth-order valence-electron chi connectivity index (χ4n) is 3.74. The molecule has 0 aliphatic carbocycles. The Bertz CT molecular complexity index is 647. The van der Waals surface area contributed by atoms with E-state index in [1.807, 2.05) is 25.1 Å². The molecule has 0 radical (unpaired) electrons. The van der Waals surface area contributed by atoms with Crippen molar-refractivity contribution >= 4 is 29.9 Å². The molecule has 2 rings (SSSR count). The van der Waals surface area contributed by atoms with Gasteiger partial charge in [0.15, 0.2) is 17.5 Å². The van der Waals surface area contributed by atoms with Gasteiger partial charge in [-0.2, -0.15) is 0 Å². The summed E-state index contributed by atoms with van der Waals surface area (Å²) in [6.45, 7) is 11.7. The van der Waals surface area contributed by atoms with Gasteiger partial charge in [0.1, 0.15) is 0 Å². The fourth-order valence-corrected chi connectivity index (χ4v) is 3.74. The standard InChI is InChI=1S/C22H37N3O3.HI/c1-7-27-18-11-10-16(13-19(18)26-6)14-24-21(23-5)25-15-17-9-8-12-28-20(17)22(2,3)4;/h10-11,13,17,20H,7-9,12,14-15H2,1-6H3,(H2,23,24,25);1H. The minimum Gasteiger partial charge on any atom is -0.493 e. The maximum Gasteiger partial charge on any atom is 0.191 e. The highest BCUT2D eigenvalue weighted by Crippen LogP contribution is 2.33. The fraction of sp³-hybridized carbons (Fsp3) is 0.682. The highest BCUT2D eigenvalue weighted by Gasteiger charge is 2.35. The molecule has 2 unspecified atom stereocenters. The molecule has 1 fully saturated rings. The van der Waals surface area contributed by atoms with E-state index < -0.39 is 0 Å². The number of guanidine groups is 1. The van der Waals surface area contributed by atoms with Gasteiger partial charge in [-0.15, -0.1) is 24.0 Å². The van der Waals surface area contributed by atoms with Crippen LogP contribution in [0.2, 0.25) is 0 Å². The van der Waals surface area contributed by atoms with Crippen LogP contribution >= 0.6 is 24.0 Å². The molecule has 1 aromatic carbocycles. The zero-order valence-corrected chi connectivity index (χ0v) is 21.0. The van der Waals surface area contributed by atoms with Crippen LogP contribution in [-0.2, 0) is 11.3 Å². The van der Waals surface area contributed by atoms with Gasteiger partial charge in [-0.3, -0.25) is 4.99 Å². The average molecular weight is 519 g/mol. The first-order chi connectivity index (χ1) is 13.4. The minimum atomic E-state index is 0. The van der Waals surface area contributed by atoms with Crippen LogP contribution in [0.15, 0.2) is 23.2 Å². The summed E-state index contributed by atoms with van der Waals surface area (Å²) in [5.41, 5.74) is 1.25. The van der Waals surface area contributed by atoms with E-state index >= 15 is 0 Å². The lowest BCUT2D eigenvalue weighted by Crippen LogP contribution is -2.47. The number of hydrogen-bond acceptors (Lipinski definition) is 4. The first kappa shape index (κ1) is 25.8. The first-order valence-corrected chi connectivity index (χ1v) is 10.2. The predicted octanol–water partition coefficient (Wildman–Crippen LogP) is 4.22. The number of benzene rings is 1. The lowest BCUT2D eigenvalue weighted by atomic mass is 9.78. The zero-order chi connectivity index (χ0) is 20.6. The minimum absolute atomic E-state index is 0. The van der Waals surface area contributed by atoms with Crippen LogP contribution in [0.3, 0.4) is 0 Å². The Balaban J connectivity index is 0.00000420. The zero-order valence-electron chi connectivity index (χ0n) is 18.7. The van der Waals surface area contributed by atoms with E-state index in [-0.39, 0.29) is 35.5 Å². The van der Waals surface area contributed by atoms with Crippen molar-refractivity contribution in [2.45, 2.75) is 53.2 Å². The van der Waals surface area contributed by atoms with Crippen LogP contribution in [0.1, 0.15) is 46.1 Å². The number of nitrogens with one attached hydrogen (secondary N) is 2. The second kappa shape index (κ2) is 12.5. The Hall–Kier alpha value is -1.22. The van der Waals surface area contributed by atoms with Crippen molar-refractivity contribution in [2.24, 2.45) is 16.3 Å². The molecule has 7 heteroatoms. The number of nitrogens with zero attached hydrogens (tertiary/aromatic N) is 1. The number of hydrogen-bond donors (Lipinski definition) is 2. The highest BCUT2D eigenvalue weighted by molar-refractivity contribution is 14.0. The molecule has 1 aromatic rings. The molecule has 6 nitrogen and oxygen atoms in total. The van der Waals surface area contributed by atoms with Crippen molar-refractivity contribution in [1.82, 2.24) is 10.6 Å². The Kier molecular flexibility index (Phi) is 11.1. The van der Waals surface area contributed by atoms with E-state index in [2.05, 4.69) is 36.4 Å². The second-order valence-corrected chi connectivity index (χ2v) is 8.28. The van der Waals surface area contributed by atoms with Crippen molar-refractivity contribution in [3.05, 3.63) is 23.8 Å². The Morgan fingerprint density at radius 3 is 2.62 bits per heavy atom. The average Bonchev–Trinajstić information content (AvgIpc) is 2.68. The Morgan fingerprint density at radius 1 is 1.24 bits per heavy atom. The third kappa shape index (κ3) is 7.85. The molecular weight excluding hydrogens is 481 g/mol. The third-order valence-corrected chi connectivity index (χ3v) is 5.04. The molecule has 1 aliphatic heterocycles. The van der Waals surface area contributed by atoms with Gasteiger partial charge >= 0.3 is 0 Å². The summed E-state index contributed by atoms with van der Waals surface area (Å²) in [6, 6.07) is 5.98. The van der Waals surface area contributed by atoms with Gasteiger partial charge in [0.25, 0.3) is 0 Å². The maximum absolute atomic E-state index is 6.08. The normalized spacial score (nSPS) is 19.9. The SMILES string of the molecule is CCOc1ccc(CNC(=NC)NCC2CCCOC2C(C)(C)C)cc1OC.I. The summed E-state index contributed by atoms with van der Waals surface area (Å²) < 4.78 is 17.1. The van der Waals surface area contributed by atoms with Gasteiger partial charge in [0.2, 0.25) is 0 Å². The lowest BCUT2D eigenvalue weighted by Gasteiger charge is -2.40. The van der Waals surface area contributed by atoms with E-state index in [0.29, 0.717) is 19.1 Å². The van der Waals surface area contributed by atoms with E-state index in [0.717, 1.165) is 42.6 Å². The summed E-state index contributed by atoms with van der Waals surface area (Å²) in [6.07, 6.45) is 2.57. The summed E-state index contributed by atoms with van der Waals surface area (Å²) in [5.74, 6) is 2.79. The summed E-state index contributed by atoms with van der Waals surface area (Å²) in [5, 5.41) is 6.86. The molecule has 29 heavy (non-hydrogen) atoms. The molecule has 0 saturated carbocycles. The van der Waals surface area contributed by atoms with Gasteiger partial charge in [0, 0.05) is 32.7 Å². The van der Waals surface area contributed by atoms with Gasteiger partial charge in [0.05, 0.1) is 19.8 Å². The number of halogens is 1. The quantitative estimate of drug-likeness (QED) is 0.321. The molecule has 2 atom stereocenters. The summed E-state index contributed by atoms with van der Waals surface area (Å²) in [4.78, 5) is 4.36. The number of methoxy groups -OCH3 is 1. The molecule has 0 bridgehead atoms. The Labute approximate surface area is 193 Å². The van der Waals surface area contributed by atoms with E-state index in [1.165, 1.54) is 6.42 Å². The largest absolute Gasteiger partial charge is 0.493 e.